The zero-order valence-corrected chi connectivity index (χ0v) is 13.4. The molecule has 0 aliphatic heterocycles. The molecule has 0 radical (unpaired) electrons. The molecule has 0 saturated carbocycles. The average Bonchev–Trinajstić information content (AvgIpc) is 3.04. The van der Waals surface area contributed by atoms with Crippen molar-refractivity contribution in [3.05, 3.63) is 60.0 Å². The van der Waals surface area contributed by atoms with E-state index in [2.05, 4.69) is 15.3 Å². The minimum atomic E-state index is -0.395. The smallest absolute Gasteiger partial charge is 0.251 e. The Hall–Kier alpha value is -3.41. The predicted molar refractivity (Wildman–Crippen MR) is 96.8 cm³/mol. The molecule has 4 aromatic rings. The number of pyridine rings is 1. The number of nitrogen functional groups attached to an aromatic ring is 1. The summed E-state index contributed by atoms with van der Waals surface area (Å²) in [6.07, 6.45) is 1.76. The Kier molecular flexibility index (Phi) is 3.39. The average molecular weight is 334 g/mol. The van der Waals surface area contributed by atoms with Crippen molar-refractivity contribution in [2.75, 3.05) is 12.8 Å². The number of hydrogen-bond donors (Lipinski definition) is 3. The topological polar surface area (TPSA) is 83.8 Å². The first-order chi connectivity index (χ1) is 12.1. The SMILES string of the molecule is CNC(=O)c1cccc2nc(-c3c[nH]c4c(N)cc(F)cc34)ccc12. The number of benzene rings is 2. The number of aromatic nitrogens is 2. The first kappa shape index (κ1) is 15.1. The van der Waals surface area contributed by atoms with Crippen molar-refractivity contribution in [1.29, 1.82) is 0 Å². The Morgan fingerprint density at radius 2 is 2.04 bits per heavy atom. The van der Waals surface area contributed by atoms with Crippen LogP contribution in [0.4, 0.5) is 10.1 Å². The summed E-state index contributed by atoms with van der Waals surface area (Å²) in [5, 5.41) is 4.06. The summed E-state index contributed by atoms with van der Waals surface area (Å²) in [6.45, 7) is 0. The van der Waals surface area contributed by atoms with Gasteiger partial charge in [0.2, 0.25) is 0 Å². The molecule has 25 heavy (non-hydrogen) atoms. The molecule has 124 valence electrons. The number of halogens is 1. The molecule has 0 bridgehead atoms. The van der Waals surface area contributed by atoms with Crippen LogP contribution in [0.2, 0.25) is 0 Å². The molecule has 0 saturated heterocycles. The summed E-state index contributed by atoms with van der Waals surface area (Å²) < 4.78 is 13.7. The Morgan fingerprint density at radius 3 is 2.84 bits per heavy atom. The first-order valence-electron chi connectivity index (χ1n) is 7.77. The number of carbonyl (C=O) groups is 1. The number of rotatable bonds is 2. The molecule has 0 spiro atoms. The van der Waals surface area contributed by atoms with E-state index in [-0.39, 0.29) is 5.91 Å². The van der Waals surface area contributed by atoms with E-state index >= 15 is 0 Å². The minimum Gasteiger partial charge on any atom is -0.397 e. The molecule has 2 aromatic carbocycles. The third-order valence-corrected chi connectivity index (χ3v) is 4.26. The quantitative estimate of drug-likeness (QED) is 0.491. The fraction of sp³-hybridized carbons (Fsp3) is 0.0526. The van der Waals surface area contributed by atoms with E-state index in [0.717, 1.165) is 10.9 Å². The van der Waals surface area contributed by atoms with Crippen LogP contribution in [0, 0.1) is 5.82 Å². The summed E-state index contributed by atoms with van der Waals surface area (Å²) in [4.78, 5) is 19.7. The van der Waals surface area contributed by atoms with Crippen LogP contribution in [0.25, 0.3) is 33.1 Å². The maximum absolute atomic E-state index is 13.7. The van der Waals surface area contributed by atoms with Crippen LogP contribution in [0.1, 0.15) is 10.4 Å². The maximum Gasteiger partial charge on any atom is 0.251 e. The van der Waals surface area contributed by atoms with Gasteiger partial charge in [-0.2, -0.15) is 0 Å². The highest BCUT2D eigenvalue weighted by Crippen LogP contribution is 2.32. The normalized spacial score (nSPS) is 11.1. The van der Waals surface area contributed by atoms with Crippen LogP contribution < -0.4 is 11.1 Å². The second-order valence-corrected chi connectivity index (χ2v) is 5.77. The summed E-state index contributed by atoms with van der Waals surface area (Å²) in [5.41, 5.74) is 9.59. The number of aromatic amines is 1. The molecular weight excluding hydrogens is 319 g/mol. The minimum absolute atomic E-state index is 0.165. The van der Waals surface area contributed by atoms with Crippen LogP contribution in [-0.2, 0) is 0 Å². The summed E-state index contributed by atoms with van der Waals surface area (Å²) in [6, 6.07) is 11.8. The highest BCUT2D eigenvalue weighted by atomic mass is 19.1. The van der Waals surface area contributed by atoms with Gasteiger partial charge in [0, 0.05) is 35.1 Å². The van der Waals surface area contributed by atoms with Gasteiger partial charge in [-0.1, -0.05) is 6.07 Å². The molecule has 5 nitrogen and oxygen atoms in total. The van der Waals surface area contributed by atoms with Crippen molar-refractivity contribution < 1.29 is 9.18 Å². The molecule has 2 aromatic heterocycles. The molecule has 0 atom stereocenters. The molecule has 0 fully saturated rings. The number of H-pyrrole nitrogens is 1. The molecule has 0 unspecified atom stereocenters. The van der Waals surface area contributed by atoms with E-state index in [1.807, 2.05) is 18.2 Å². The number of carbonyl (C=O) groups excluding carboxylic acids is 1. The highest BCUT2D eigenvalue weighted by Gasteiger charge is 2.13. The van der Waals surface area contributed by atoms with E-state index in [1.54, 1.807) is 25.4 Å². The van der Waals surface area contributed by atoms with Gasteiger partial charge in [0.05, 0.1) is 22.4 Å². The molecule has 0 aliphatic rings. The zero-order valence-electron chi connectivity index (χ0n) is 13.4. The van der Waals surface area contributed by atoms with Gasteiger partial charge in [0.25, 0.3) is 5.91 Å². The monoisotopic (exact) mass is 334 g/mol. The van der Waals surface area contributed by atoms with Gasteiger partial charge in [-0.3, -0.25) is 4.79 Å². The van der Waals surface area contributed by atoms with E-state index in [4.69, 9.17) is 5.73 Å². The second-order valence-electron chi connectivity index (χ2n) is 5.77. The van der Waals surface area contributed by atoms with Gasteiger partial charge in [0.15, 0.2) is 0 Å². The Balaban J connectivity index is 1.93. The number of nitrogens with one attached hydrogen (secondary N) is 2. The molecule has 2 heterocycles. The Bertz CT molecular complexity index is 1130. The third kappa shape index (κ3) is 2.39. The fourth-order valence-electron chi connectivity index (χ4n) is 3.07. The number of amides is 1. The van der Waals surface area contributed by atoms with Gasteiger partial charge in [-0.05, 0) is 36.4 Å². The lowest BCUT2D eigenvalue weighted by Crippen LogP contribution is -2.18. The number of hydrogen-bond acceptors (Lipinski definition) is 3. The van der Waals surface area contributed by atoms with Crippen molar-refractivity contribution in [3.63, 3.8) is 0 Å². The molecule has 6 heteroatoms. The van der Waals surface area contributed by atoms with E-state index in [1.165, 1.54) is 12.1 Å². The van der Waals surface area contributed by atoms with Gasteiger partial charge in [-0.15, -0.1) is 0 Å². The standard InChI is InChI=1S/C19H15FN4O/c1-22-19(25)12-3-2-4-16-11(12)5-6-17(24-16)14-9-23-18-13(14)7-10(20)8-15(18)21/h2-9,23H,21H2,1H3,(H,22,25). The molecule has 1 amide bonds. The molecular formula is C19H15FN4O. The lowest BCUT2D eigenvalue weighted by atomic mass is 10.0. The predicted octanol–water partition coefficient (Wildman–Crippen LogP) is 3.46. The van der Waals surface area contributed by atoms with Crippen molar-refractivity contribution in [1.82, 2.24) is 15.3 Å². The van der Waals surface area contributed by atoms with Crippen LogP contribution >= 0.6 is 0 Å². The van der Waals surface area contributed by atoms with Crippen LogP contribution in [0.3, 0.4) is 0 Å². The summed E-state index contributed by atoms with van der Waals surface area (Å²) >= 11 is 0. The Labute approximate surface area is 142 Å². The van der Waals surface area contributed by atoms with Gasteiger partial charge in [-0.25, -0.2) is 9.37 Å². The molecule has 4 N–H and O–H groups in total. The number of fused-ring (bicyclic) bond motifs is 2. The molecule has 4 rings (SSSR count). The van der Waals surface area contributed by atoms with Crippen molar-refractivity contribution in [3.8, 4) is 11.3 Å². The van der Waals surface area contributed by atoms with Gasteiger partial charge < -0.3 is 16.0 Å². The van der Waals surface area contributed by atoms with Gasteiger partial charge >= 0.3 is 0 Å². The maximum atomic E-state index is 13.7. The van der Waals surface area contributed by atoms with Crippen LogP contribution in [-0.4, -0.2) is 22.9 Å². The lowest BCUT2D eigenvalue weighted by molar-refractivity contribution is 0.0964. The highest BCUT2D eigenvalue weighted by molar-refractivity contribution is 6.07. The zero-order chi connectivity index (χ0) is 17.6. The fourth-order valence-corrected chi connectivity index (χ4v) is 3.07. The summed E-state index contributed by atoms with van der Waals surface area (Å²) in [5.74, 6) is -0.560. The van der Waals surface area contributed by atoms with E-state index < -0.39 is 5.82 Å². The van der Waals surface area contributed by atoms with Crippen LogP contribution in [0.5, 0.6) is 0 Å². The van der Waals surface area contributed by atoms with E-state index in [9.17, 15) is 9.18 Å². The van der Waals surface area contributed by atoms with Crippen LogP contribution in [0.15, 0.2) is 48.7 Å². The summed E-state index contributed by atoms with van der Waals surface area (Å²) in [7, 11) is 1.59. The first-order valence-corrected chi connectivity index (χ1v) is 7.77. The number of anilines is 1. The van der Waals surface area contributed by atoms with E-state index in [0.29, 0.717) is 33.4 Å². The number of nitrogens with two attached hydrogens (primary N) is 1. The van der Waals surface area contributed by atoms with Crippen molar-refractivity contribution in [2.24, 2.45) is 0 Å². The number of nitrogens with zero attached hydrogens (tertiary/aromatic N) is 1. The Morgan fingerprint density at radius 1 is 1.20 bits per heavy atom. The second kappa shape index (κ2) is 5.59. The van der Waals surface area contributed by atoms with Crippen molar-refractivity contribution in [2.45, 2.75) is 0 Å². The largest absolute Gasteiger partial charge is 0.397 e. The van der Waals surface area contributed by atoms with Gasteiger partial charge in [0.1, 0.15) is 5.82 Å². The van der Waals surface area contributed by atoms with Crippen molar-refractivity contribution >= 4 is 33.4 Å². The molecule has 0 aliphatic carbocycles. The third-order valence-electron chi connectivity index (χ3n) is 4.26. The lowest BCUT2D eigenvalue weighted by Gasteiger charge is -2.07.